The van der Waals surface area contributed by atoms with Crippen LogP contribution in [0.25, 0.3) is 0 Å². The number of halogens is 1. The van der Waals surface area contributed by atoms with Crippen LogP contribution in [0.5, 0.6) is 0 Å². The van der Waals surface area contributed by atoms with Crippen molar-refractivity contribution >= 4 is 16.5 Å². The number of unbranched alkanes of at least 4 members (excludes halogenated alkanes) is 1. The summed E-state index contributed by atoms with van der Waals surface area (Å²) in [5.41, 5.74) is 6.39. The molecule has 1 atom stereocenters. The summed E-state index contributed by atoms with van der Waals surface area (Å²) >= 11 is 0. The van der Waals surface area contributed by atoms with Crippen LogP contribution in [-0.4, -0.2) is 9.96 Å². The van der Waals surface area contributed by atoms with Crippen LogP contribution in [0, 0.1) is 5.82 Å². The Bertz CT molecular complexity index is 334. The molecule has 15 heavy (non-hydrogen) atoms. The van der Waals surface area contributed by atoms with Crippen molar-refractivity contribution in [2.24, 2.45) is 0 Å². The van der Waals surface area contributed by atoms with Gasteiger partial charge in [0.2, 0.25) is 0 Å². The highest BCUT2D eigenvalue weighted by atomic mass is 32.2. The lowest BCUT2D eigenvalue weighted by atomic mass is 10.2. The van der Waals surface area contributed by atoms with Gasteiger partial charge in [-0.15, -0.1) is 0 Å². The molecule has 1 aromatic rings. The van der Waals surface area contributed by atoms with Crippen LogP contribution in [-0.2, 0) is 16.6 Å². The van der Waals surface area contributed by atoms with E-state index in [0.717, 1.165) is 12.8 Å². The monoisotopic (exact) mass is 229 g/mol. The first kappa shape index (κ1) is 12.2. The van der Waals surface area contributed by atoms with E-state index in [1.165, 1.54) is 6.07 Å². The number of anilines is 1. The number of benzene rings is 1. The molecule has 0 heterocycles. The molecule has 1 rings (SSSR count). The van der Waals surface area contributed by atoms with E-state index in [0.29, 0.717) is 17.0 Å². The van der Waals surface area contributed by atoms with Gasteiger partial charge in [-0.3, -0.25) is 4.21 Å². The minimum Gasteiger partial charge on any atom is -0.398 e. The van der Waals surface area contributed by atoms with Gasteiger partial charge in [0.1, 0.15) is 5.82 Å². The van der Waals surface area contributed by atoms with Crippen LogP contribution in [0.2, 0.25) is 0 Å². The zero-order valence-electron chi connectivity index (χ0n) is 8.83. The van der Waals surface area contributed by atoms with Crippen molar-refractivity contribution in [3.63, 3.8) is 0 Å². The van der Waals surface area contributed by atoms with Crippen molar-refractivity contribution in [2.75, 3.05) is 11.5 Å². The first-order valence-electron chi connectivity index (χ1n) is 5.03. The van der Waals surface area contributed by atoms with Crippen LogP contribution >= 0.6 is 0 Å². The zero-order valence-corrected chi connectivity index (χ0v) is 9.65. The van der Waals surface area contributed by atoms with Crippen LogP contribution < -0.4 is 5.73 Å². The van der Waals surface area contributed by atoms with E-state index in [1.54, 1.807) is 12.1 Å². The van der Waals surface area contributed by atoms with Gasteiger partial charge in [0.25, 0.3) is 0 Å². The molecule has 0 amide bonds. The Balaban J connectivity index is 2.68. The predicted molar refractivity (Wildman–Crippen MR) is 62.4 cm³/mol. The number of nitrogens with two attached hydrogens (primary N) is 1. The predicted octanol–water partition coefficient (Wildman–Crippen LogP) is 2.46. The third-order valence-electron chi connectivity index (χ3n) is 2.19. The molecule has 2 nitrogen and oxygen atoms in total. The molecule has 0 saturated carbocycles. The summed E-state index contributed by atoms with van der Waals surface area (Å²) in [5.74, 6) is 0.475. The second kappa shape index (κ2) is 5.85. The summed E-state index contributed by atoms with van der Waals surface area (Å²) in [4.78, 5) is 0. The molecular weight excluding hydrogens is 213 g/mol. The van der Waals surface area contributed by atoms with Gasteiger partial charge in [0.15, 0.2) is 0 Å². The summed E-state index contributed by atoms with van der Waals surface area (Å²) in [6.07, 6.45) is 1.90. The molecule has 0 aromatic heterocycles. The van der Waals surface area contributed by atoms with Gasteiger partial charge in [0.05, 0.1) is 5.75 Å². The number of hydrogen-bond donors (Lipinski definition) is 1. The summed E-state index contributed by atoms with van der Waals surface area (Å²) < 4.78 is 24.9. The van der Waals surface area contributed by atoms with E-state index >= 15 is 0 Å². The Hall–Kier alpha value is -0.900. The fourth-order valence-corrected chi connectivity index (χ4v) is 2.65. The molecule has 0 radical (unpaired) electrons. The first-order chi connectivity index (χ1) is 7.15. The first-order valence-corrected chi connectivity index (χ1v) is 6.51. The molecule has 0 aliphatic rings. The molecule has 1 aromatic carbocycles. The van der Waals surface area contributed by atoms with Crippen molar-refractivity contribution in [3.8, 4) is 0 Å². The molecular formula is C11H16FNOS. The van der Waals surface area contributed by atoms with Gasteiger partial charge in [-0.25, -0.2) is 4.39 Å². The van der Waals surface area contributed by atoms with E-state index in [4.69, 9.17) is 5.73 Å². The van der Waals surface area contributed by atoms with Crippen LogP contribution in [0.1, 0.15) is 25.3 Å². The minimum absolute atomic E-state index is 0.221. The molecule has 4 heteroatoms. The van der Waals surface area contributed by atoms with Gasteiger partial charge in [-0.05, 0) is 18.6 Å². The summed E-state index contributed by atoms with van der Waals surface area (Å²) in [7, 11) is -1.01. The van der Waals surface area contributed by atoms with E-state index in [2.05, 4.69) is 0 Å². The quantitative estimate of drug-likeness (QED) is 0.788. The highest BCUT2D eigenvalue weighted by molar-refractivity contribution is 7.84. The third-order valence-corrected chi connectivity index (χ3v) is 3.54. The van der Waals surface area contributed by atoms with E-state index in [1.807, 2.05) is 6.92 Å². The second-order valence-electron chi connectivity index (χ2n) is 3.45. The van der Waals surface area contributed by atoms with Crippen molar-refractivity contribution in [1.82, 2.24) is 0 Å². The highest BCUT2D eigenvalue weighted by Crippen LogP contribution is 2.17. The standard InChI is InChI=1S/C11H16FNOS/c1-2-3-7-15(14)8-9-10(12)5-4-6-11(9)13/h4-6H,2-3,7-8,13H2,1H3. The minimum atomic E-state index is -1.01. The molecule has 2 N–H and O–H groups in total. The smallest absolute Gasteiger partial charge is 0.129 e. The van der Waals surface area contributed by atoms with E-state index < -0.39 is 10.8 Å². The molecule has 0 saturated heterocycles. The number of rotatable bonds is 5. The Kier molecular flexibility index (Phi) is 4.75. The topological polar surface area (TPSA) is 43.1 Å². The third kappa shape index (κ3) is 3.63. The molecule has 84 valence electrons. The number of hydrogen-bond acceptors (Lipinski definition) is 2. The van der Waals surface area contributed by atoms with Crippen molar-refractivity contribution in [3.05, 3.63) is 29.6 Å². The average molecular weight is 229 g/mol. The number of nitrogen functional groups attached to an aromatic ring is 1. The van der Waals surface area contributed by atoms with Crippen molar-refractivity contribution in [1.29, 1.82) is 0 Å². The Morgan fingerprint density at radius 3 is 2.80 bits per heavy atom. The maximum Gasteiger partial charge on any atom is 0.129 e. The molecule has 0 aliphatic carbocycles. The maximum absolute atomic E-state index is 13.3. The van der Waals surface area contributed by atoms with Crippen LogP contribution in [0.3, 0.4) is 0 Å². The van der Waals surface area contributed by atoms with E-state index in [9.17, 15) is 8.60 Å². The summed E-state index contributed by atoms with van der Waals surface area (Å²) in [6.45, 7) is 2.04. The highest BCUT2D eigenvalue weighted by Gasteiger charge is 2.09. The van der Waals surface area contributed by atoms with Crippen molar-refractivity contribution in [2.45, 2.75) is 25.5 Å². The van der Waals surface area contributed by atoms with Gasteiger partial charge < -0.3 is 5.73 Å². The second-order valence-corrected chi connectivity index (χ2v) is 5.03. The summed E-state index contributed by atoms with van der Waals surface area (Å²) in [6, 6.07) is 4.54. The zero-order chi connectivity index (χ0) is 11.3. The molecule has 0 bridgehead atoms. The Morgan fingerprint density at radius 1 is 1.47 bits per heavy atom. The lowest BCUT2D eigenvalue weighted by Gasteiger charge is -2.06. The molecule has 0 spiro atoms. The lowest BCUT2D eigenvalue weighted by molar-refractivity contribution is 0.616. The Labute approximate surface area is 92.1 Å². The molecule has 1 unspecified atom stereocenters. The SMILES string of the molecule is CCCCS(=O)Cc1c(N)cccc1F. The van der Waals surface area contributed by atoms with Crippen LogP contribution in [0.4, 0.5) is 10.1 Å². The van der Waals surface area contributed by atoms with Gasteiger partial charge >= 0.3 is 0 Å². The fraction of sp³-hybridized carbons (Fsp3) is 0.455. The average Bonchev–Trinajstić information content (AvgIpc) is 2.21. The largest absolute Gasteiger partial charge is 0.398 e. The maximum atomic E-state index is 13.3. The molecule has 0 fully saturated rings. The van der Waals surface area contributed by atoms with Gasteiger partial charge in [0, 0.05) is 27.8 Å². The van der Waals surface area contributed by atoms with Crippen LogP contribution in [0.15, 0.2) is 18.2 Å². The molecule has 0 aliphatic heterocycles. The normalized spacial score (nSPS) is 12.7. The van der Waals surface area contributed by atoms with E-state index in [-0.39, 0.29) is 11.6 Å². The van der Waals surface area contributed by atoms with Crippen molar-refractivity contribution < 1.29 is 8.60 Å². The fourth-order valence-electron chi connectivity index (χ4n) is 1.27. The van der Waals surface area contributed by atoms with Gasteiger partial charge in [-0.2, -0.15) is 0 Å². The summed E-state index contributed by atoms with van der Waals surface area (Å²) in [5, 5.41) is 0. The lowest BCUT2D eigenvalue weighted by Crippen LogP contribution is -2.05. The van der Waals surface area contributed by atoms with Gasteiger partial charge in [-0.1, -0.05) is 19.4 Å². The Morgan fingerprint density at radius 2 is 2.20 bits per heavy atom.